The number of nitrogens with one attached hydrogen (secondary N) is 3. The van der Waals surface area contributed by atoms with Gasteiger partial charge in [0.05, 0.1) is 5.56 Å². The van der Waals surface area contributed by atoms with Crippen LogP contribution >= 0.6 is 11.8 Å². The van der Waals surface area contributed by atoms with Crippen LogP contribution in [0.2, 0.25) is 0 Å². The van der Waals surface area contributed by atoms with Crippen LogP contribution in [0.5, 0.6) is 0 Å². The van der Waals surface area contributed by atoms with E-state index in [-0.39, 0.29) is 30.0 Å². The van der Waals surface area contributed by atoms with Gasteiger partial charge in [-0.3, -0.25) is 9.59 Å². The first-order valence-corrected chi connectivity index (χ1v) is 12.5. The first kappa shape index (κ1) is 23.6. The number of hydrogen-bond acceptors (Lipinski definition) is 4. The molecule has 1 aromatic carbocycles. The fourth-order valence-electron chi connectivity index (χ4n) is 5.07. The Hall–Kier alpha value is -2.58. The predicted molar refractivity (Wildman–Crippen MR) is 132 cm³/mol. The molecule has 0 aliphatic carbocycles. The summed E-state index contributed by atoms with van der Waals surface area (Å²) in [5.74, 6) is -0.351. The fourth-order valence-corrected chi connectivity index (χ4v) is 5.78. The summed E-state index contributed by atoms with van der Waals surface area (Å²) in [5.41, 5.74) is 3.47. The van der Waals surface area contributed by atoms with Crippen molar-refractivity contribution in [3.05, 3.63) is 63.2 Å². The maximum absolute atomic E-state index is 14.7. The largest absolute Gasteiger partial charge is 0.348 e. The van der Waals surface area contributed by atoms with Gasteiger partial charge in [0.1, 0.15) is 6.17 Å². The second kappa shape index (κ2) is 9.73. The Morgan fingerprint density at radius 1 is 1.33 bits per heavy atom. The van der Waals surface area contributed by atoms with Crippen molar-refractivity contribution < 1.29 is 9.18 Å². The van der Waals surface area contributed by atoms with Crippen LogP contribution in [0.25, 0.3) is 10.9 Å². The molecule has 33 heavy (non-hydrogen) atoms. The first-order valence-electron chi connectivity index (χ1n) is 11.3. The summed E-state index contributed by atoms with van der Waals surface area (Å²) in [4.78, 5) is 29.5. The van der Waals surface area contributed by atoms with Gasteiger partial charge in [-0.25, -0.2) is 4.39 Å². The molecule has 1 aliphatic rings. The van der Waals surface area contributed by atoms with E-state index in [1.54, 1.807) is 0 Å². The Morgan fingerprint density at radius 2 is 2.09 bits per heavy atom. The SMILES string of the molecule is CSc1cc(C)[nH]c(=O)c1CNC(=O)c1c(C)n([C@H](C)[C@H]2CCNC[C@@H]2F)c2ccccc12. The van der Waals surface area contributed by atoms with Gasteiger partial charge in [-0.2, -0.15) is 0 Å². The zero-order valence-electron chi connectivity index (χ0n) is 19.5. The summed E-state index contributed by atoms with van der Waals surface area (Å²) in [7, 11) is 0. The van der Waals surface area contributed by atoms with E-state index in [1.807, 2.05) is 57.4 Å². The Kier molecular flexibility index (Phi) is 6.95. The molecule has 0 unspecified atom stereocenters. The van der Waals surface area contributed by atoms with E-state index in [4.69, 9.17) is 0 Å². The molecule has 1 amide bonds. The van der Waals surface area contributed by atoms with E-state index in [0.29, 0.717) is 17.7 Å². The van der Waals surface area contributed by atoms with Crippen LogP contribution < -0.4 is 16.2 Å². The summed E-state index contributed by atoms with van der Waals surface area (Å²) in [6, 6.07) is 9.60. The number of alkyl halides is 1. The van der Waals surface area contributed by atoms with Crippen molar-refractivity contribution in [1.29, 1.82) is 0 Å². The molecule has 0 radical (unpaired) electrons. The number of hydrogen-bond donors (Lipinski definition) is 3. The van der Waals surface area contributed by atoms with Crippen molar-refractivity contribution in [2.75, 3.05) is 19.3 Å². The molecule has 1 fully saturated rings. The molecule has 6 nitrogen and oxygen atoms in total. The highest BCUT2D eigenvalue weighted by molar-refractivity contribution is 7.98. The molecule has 0 saturated carbocycles. The number of benzene rings is 1. The maximum atomic E-state index is 14.7. The second-order valence-corrected chi connectivity index (χ2v) is 9.62. The number of piperidine rings is 1. The summed E-state index contributed by atoms with van der Waals surface area (Å²) in [5, 5.41) is 6.91. The first-order chi connectivity index (χ1) is 15.8. The van der Waals surface area contributed by atoms with E-state index < -0.39 is 6.17 Å². The fraction of sp³-hybridized carbons (Fsp3) is 0.440. The van der Waals surface area contributed by atoms with E-state index >= 15 is 0 Å². The summed E-state index contributed by atoms with van der Waals surface area (Å²) < 4.78 is 16.8. The number of rotatable bonds is 6. The molecule has 2 aromatic heterocycles. The van der Waals surface area contributed by atoms with Gasteiger partial charge in [-0.05, 0) is 52.1 Å². The molecule has 1 saturated heterocycles. The third kappa shape index (κ3) is 4.46. The van der Waals surface area contributed by atoms with Crippen LogP contribution in [0.4, 0.5) is 4.39 Å². The zero-order valence-corrected chi connectivity index (χ0v) is 20.3. The molecule has 4 rings (SSSR count). The third-order valence-electron chi connectivity index (χ3n) is 6.74. The van der Waals surface area contributed by atoms with Crippen molar-refractivity contribution in [3.8, 4) is 0 Å². The number of carbonyl (C=O) groups excluding carboxylic acids is 1. The molecular weight excluding hydrogens is 439 g/mol. The normalized spacial score (nSPS) is 19.5. The standard InChI is InChI=1S/C25H31FN4O2S/c1-14-11-22(33-4)19(24(31)29-14)12-28-25(32)23-16(3)30(21-8-6-5-7-18(21)23)15(2)17-9-10-27-13-20(17)26/h5-8,11,15,17,20,27H,9-10,12-13H2,1-4H3,(H,28,32)(H,29,31)/t15-,17-,20+/m1/s1. The topological polar surface area (TPSA) is 78.9 Å². The Labute approximate surface area is 197 Å². The molecule has 0 spiro atoms. The lowest BCUT2D eigenvalue weighted by Gasteiger charge is -2.33. The average molecular weight is 471 g/mol. The lowest BCUT2D eigenvalue weighted by Crippen LogP contribution is -2.41. The smallest absolute Gasteiger partial charge is 0.254 e. The summed E-state index contributed by atoms with van der Waals surface area (Å²) >= 11 is 1.48. The number of nitrogens with zero attached hydrogens (tertiary/aromatic N) is 1. The van der Waals surface area contributed by atoms with Gasteiger partial charge in [0.15, 0.2) is 0 Å². The van der Waals surface area contributed by atoms with Crippen molar-refractivity contribution in [1.82, 2.24) is 20.2 Å². The lowest BCUT2D eigenvalue weighted by molar-refractivity contribution is 0.0950. The van der Waals surface area contributed by atoms with Crippen LogP contribution in [-0.4, -0.2) is 41.0 Å². The summed E-state index contributed by atoms with van der Waals surface area (Å²) in [6.07, 6.45) is 1.74. The number of halogens is 1. The lowest BCUT2D eigenvalue weighted by atomic mass is 9.89. The highest BCUT2D eigenvalue weighted by atomic mass is 32.2. The Morgan fingerprint density at radius 3 is 2.82 bits per heavy atom. The number of thioether (sulfide) groups is 1. The number of fused-ring (bicyclic) bond motifs is 1. The van der Waals surface area contributed by atoms with Crippen molar-refractivity contribution in [2.45, 2.75) is 50.8 Å². The van der Waals surface area contributed by atoms with Crippen molar-refractivity contribution in [3.63, 3.8) is 0 Å². The van der Waals surface area contributed by atoms with Gasteiger partial charge in [-0.15, -0.1) is 11.8 Å². The van der Waals surface area contributed by atoms with E-state index in [9.17, 15) is 14.0 Å². The number of amides is 1. The molecule has 176 valence electrons. The zero-order chi connectivity index (χ0) is 23.7. The number of H-pyrrole nitrogens is 1. The number of para-hydroxylation sites is 1. The number of aromatic nitrogens is 2. The van der Waals surface area contributed by atoms with Gasteiger partial charge < -0.3 is 20.2 Å². The predicted octanol–water partition coefficient (Wildman–Crippen LogP) is 4.11. The summed E-state index contributed by atoms with van der Waals surface area (Å²) in [6.45, 7) is 7.10. The van der Waals surface area contributed by atoms with Crippen molar-refractivity contribution in [2.24, 2.45) is 5.92 Å². The van der Waals surface area contributed by atoms with Gasteiger partial charge in [0.25, 0.3) is 11.5 Å². The number of pyridine rings is 1. The highest BCUT2D eigenvalue weighted by Gasteiger charge is 2.33. The van der Waals surface area contributed by atoms with Crippen LogP contribution in [0, 0.1) is 19.8 Å². The Bertz CT molecular complexity index is 1240. The molecule has 0 bridgehead atoms. The van der Waals surface area contributed by atoms with Crippen LogP contribution in [0.1, 0.15) is 46.7 Å². The minimum Gasteiger partial charge on any atom is -0.348 e. The molecule has 3 aromatic rings. The molecule has 1 aliphatic heterocycles. The molecule has 3 N–H and O–H groups in total. The third-order valence-corrected chi connectivity index (χ3v) is 7.55. The van der Waals surface area contributed by atoms with E-state index in [2.05, 4.69) is 20.2 Å². The van der Waals surface area contributed by atoms with E-state index in [1.165, 1.54) is 11.8 Å². The quantitative estimate of drug-likeness (QED) is 0.474. The van der Waals surface area contributed by atoms with Crippen LogP contribution in [0.15, 0.2) is 40.0 Å². The van der Waals surface area contributed by atoms with Crippen LogP contribution in [-0.2, 0) is 6.54 Å². The minimum atomic E-state index is -0.926. The molecule has 3 atom stereocenters. The van der Waals surface area contributed by atoms with Gasteiger partial charge >= 0.3 is 0 Å². The minimum absolute atomic E-state index is 0.0865. The molecular formula is C25H31FN4O2S. The monoisotopic (exact) mass is 470 g/mol. The molecule has 8 heteroatoms. The number of aryl methyl sites for hydroxylation is 1. The number of carbonyl (C=O) groups is 1. The maximum Gasteiger partial charge on any atom is 0.254 e. The highest BCUT2D eigenvalue weighted by Crippen LogP contribution is 2.35. The number of aromatic amines is 1. The van der Waals surface area contributed by atoms with Gasteiger partial charge in [0, 0.05) is 57.8 Å². The van der Waals surface area contributed by atoms with Crippen LogP contribution in [0.3, 0.4) is 0 Å². The average Bonchev–Trinajstić information content (AvgIpc) is 3.09. The van der Waals surface area contributed by atoms with Gasteiger partial charge in [-0.1, -0.05) is 18.2 Å². The Balaban J connectivity index is 1.68. The van der Waals surface area contributed by atoms with Crippen molar-refractivity contribution >= 4 is 28.6 Å². The van der Waals surface area contributed by atoms with E-state index in [0.717, 1.165) is 40.2 Å². The second-order valence-electron chi connectivity index (χ2n) is 8.77. The molecule has 3 heterocycles. The van der Waals surface area contributed by atoms with Gasteiger partial charge in [0.2, 0.25) is 0 Å².